The molecule has 17 heavy (non-hydrogen) atoms. The molecule has 0 aliphatic heterocycles. The summed E-state index contributed by atoms with van der Waals surface area (Å²) in [5.41, 5.74) is 2.23. The number of ether oxygens (including phenoxy) is 1. The number of Topliss-reactive ketones (excluding diaryl/α,β-unsaturated/α-hetero) is 1. The van der Waals surface area contributed by atoms with Crippen LogP contribution in [0.3, 0.4) is 0 Å². The van der Waals surface area contributed by atoms with Crippen LogP contribution in [0.1, 0.15) is 28.4 Å². The molecule has 1 rings (SSSR count). The predicted molar refractivity (Wildman–Crippen MR) is 69.6 cm³/mol. The molecule has 0 fully saturated rings. The molecule has 92 valence electrons. The Kier molecular flexibility index (Phi) is 5.35. The molecule has 1 aromatic rings. The highest BCUT2D eigenvalue weighted by Gasteiger charge is 2.14. The standard InChI is InChI=1S/C13H15BrO3/c1-3-17-13(16)12-5-4-9(2)6-10(12)7-11(15)8-14/h4-6H,3,7-8H2,1-2H3. The van der Waals surface area contributed by atoms with Crippen molar-refractivity contribution in [3.63, 3.8) is 0 Å². The average molecular weight is 299 g/mol. The Morgan fingerprint density at radius 3 is 2.65 bits per heavy atom. The van der Waals surface area contributed by atoms with Crippen molar-refractivity contribution in [3.05, 3.63) is 34.9 Å². The molecule has 3 nitrogen and oxygen atoms in total. The fraction of sp³-hybridized carbons (Fsp3) is 0.385. The third-order valence-electron chi connectivity index (χ3n) is 2.29. The first kappa shape index (κ1) is 13.9. The zero-order chi connectivity index (χ0) is 12.8. The molecule has 0 radical (unpaired) electrons. The van der Waals surface area contributed by atoms with E-state index in [1.165, 1.54) is 0 Å². The van der Waals surface area contributed by atoms with E-state index >= 15 is 0 Å². The first-order chi connectivity index (χ1) is 8.08. The molecule has 0 aliphatic carbocycles. The highest BCUT2D eigenvalue weighted by molar-refractivity contribution is 9.09. The summed E-state index contributed by atoms with van der Waals surface area (Å²) in [6.45, 7) is 4.02. The lowest BCUT2D eigenvalue weighted by molar-refractivity contribution is -0.115. The van der Waals surface area contributed by atoms with Crippen molar-refractivity contribution in [1.82, 2.24) is 0 Å². The summed E-state index contributed by atoms with van der Waals surface area (Å²) < 4.78 is 4.96. The number of hydrogen-bond acceptors (Lipinski definition) is 3. The minimum atomic E-state index is -0.370. The van der Waals surface area contributed by atoms with Crippen LogP contribution < -0.4 is 0 Å². The van der Waals surface area contributed by atoms with Crippen LogP contribution in [0.5, 0.6) is 0 Å². The third-order valence-corrected chi connectivity index (χ3v) is 2.92. The molecule has 0 aliphatic rings. The van der Waals surface area contributed by atoms with Crippen molar-refractivity contribution < 1.29 is 14.3 Å². The van der Waals surface area contributed by atoms with Gasteiger partial charge in [0.2, 0.25) is 0 Å². The van der Waals surface area contributed by atoms with Crippen molar-refractivity contribution in [2.24, 2.45) is 0 Å². The smallest absolute Gasteiger partial charge is 0.338 e. The highest BCUT2D eigenvalue weighted by atomic mass is 79.9. The summed E-state index contributed by atoms with van der Waals surface area (Å²) in [7, 11) is 0. The van der Waals surface area contributed by atoms with Gasteiger partial charge in [0.25, 0.3) is 0 Å². The largest absolute Gasteiger partial charge is 0.462 e. The van der Waals surface area contributed by atoms with E-state index in [1.807, 2.05) is 19.1 Å². The first-order valence-corrected chi connectivity index (χ1v) is 6.55. The molecule has 0 saturated carbocycles. The third kappa shape index (κ3) is 3.97. The van der Waals surface area contributed by atoms with Gasteiger partial charge in [0.15, 0.2) is 0 Å². The van der Waals surface area contributed by atoms with E-state index in [2.05, 4.69) is 15.9 Å². The van der Waals surface area contributed by atoms with Crippen LogP contribution >= 0.6 is 15.9 Å². The summed E-state index contributed by atoms with van der Waals surface area (Å²) in [4.78, 5) is 23.1. The second kappa shape index (κ2) is 6.55. The van der Waals surface area contributed by atoms with Crippen molar-refractivity contribution in [1.29, 1.82) is 0 Å². The van der Waals surface area contributed by atoms with Crippen LogP contribution in [-0.4, -0.2) is 23.7 Å². The van der Waals surface area contributed by atoms with Gasteiger partial charge < -0.3 is 4.74 Å². The first-order valence-electron chi connectivity index (χ1n) is 5.42. The van der Waals surface area contributed by atoms with E-state index in [-0.39, 0.29) is 18.2 Å². The lowest BCUT2D eigenvalue weighted by Crippen LogP contribution is -2.12. The normalized spacial score (nSPS) is 10.1. The average Bonchev–Trinajstić information content (AvgIpc) is 2.29. The zero-order valence-corrected chi connectivity index (χ0v) is 11.5. The molecule has 4 heteroatoms. The van der Waals surface area contributed by atoms with Crippen LogP contribution in [0.4, 0.5) is 0 Å². The van der Waals surface area contributed by atoms with Crippen molar-refractivity contribution in [2.45, 2.75) is 20.3 Å². The Hall–Kier alpha value is -1.16. The van der Waals surface area contributed by atoms with Crippen LogP contribution in [-0.2, 0) is 16.0 Å². The second-order valence-corrected chi connectivity index (χ2v) is 4.29. The van der Waals surface area contributed by atoms with E-state index < -0.39 is 0 Å². The molecule has 0 N–H and O–H groups in total. The van der Waals surface area contributed by atoms with Crippen molar-refractivity contribution in [2.75, 3.05) is 11.9 Å². The van der Waals surface area contributed by atoms with Gasteiger partial charge in [-0.3, -0.25) is 4.79 Å². The molecule has 0 amide bonds. The minimum absolute atomic E-state index is 0.0427. The van der Waals surface area contributed by atoms with Crippen molar-refractivity contribution >= 4 is 27.7 Å². The Balaban J connectivity index is 3.03. The summed E-state index contributed by atoms with van der Waals surface area (Å²) in [5, 5.41) is 0.295. The molecular weight excluding hydrogens is 284 g/mol. The molecule has 0 unspecified atom stereocenters. The Labute approximate surface area is 109 Å². The fourth-order valence-corrected chi connectivity index (χ4v) is 1.73. The molecule has 1 aromatic carbocycles. The molecule has 0 atom stereocenters. The van der Waals surface area contributed by atoms with Gasteiger partial charge in [-0.15, -0.1) is 0 Å². The molecule has 0 bridgehead atoms. The van der Waals surface area contributed by atoms with Crippen molar-refractivity contribution in [3.8, 4) is 0 Å². The lowest BCUT2D eigenvalue weighted by Gasteiger charge is -2.08. The highest BCUT2D eigenvalue weighted by Crippen LogP contribution is 2.14. The maximum absolute atomic E-state index is 11.7. The minimum Gasteiger partial charge on any atom is -0.462 e. The lowest BCUT2D eigenvalue weighted by atomic mass is 10.0. The van der Waals surface area contributed by atoms with E-state index in [4.69, 9.17) is 4.74 Å². The van der Waals surface area contributed by atoms with Gasteiger partial charge >= 0.3 is 5.97 Å². The summed E-state index contributed by atoms with van der Waals surface area (Å²) in [6, 6.07) is 5.41. The Morgan fingerprint density at radius 1 is 1.35 bits per heavy atom. The van der Waals surface area contributed by atoms with Crippen LogP contribution in [0.25, 0.3) is 0 Å². The van der Waals surface area contributed by atoms with Gasteiger partial charge in [-0.05, 0) is 25.5 Å². The quantitative estimate of drug-likeness (QED) is 0.620. The van der Waals surface area contributed by atoms with Crippen LogP contribution in [0.15, 0.2) is 18.2 Å². The van der Waals surface area contributed by atoms with Gasteiger partial charge in [0, 0.05) is 6.42 Å². The Morgan fingerprint density at radius 2 is 2.06 bits per heavy atom. The molecular formula is C13H15BrO3. The monoisotopic (exact) mass is 298 g/mol. The SMILES string of the molecule is CCOC(=O)c1ccc(C)cc1CC(=O)CBr. The van der Waals surface area contributed by atoms with Gasteiger partial charge in [-0.25, -0.2) is 4.79 Å². The molecule has 0 heterocycles. The summed E-state index contributed by atoms with van der Waals surface area (Å²) in [5.74, 6) is -0.328. The number of ketones is 1. The number of halogens is 1. The number of carbonyl (C=O) groups excluding carboxylic acids is 2. The molecule has 0 spiro atoms. The number of hydrogen-bond donors (Lipinski definition) is 0. The second-order valence-electron chi connectivity index (χ2n) is 3.73. The molecule has 0 aromatic heterocycles. The maximum Gasteiger partial charge on any atom is 0.338 e. The summed E-state index contributed by atoms with van der Waals surface area (Å²) >= 11 is 3.12. The van der Waals surface area contributed by atoms with Gasteiger partial charge in [-0.2, -0.15) is 0 Å². The number of esters is 1. The number of alkyl halides is 1. The summed E-state index contributed by atoms with van der Waals surface area (Å²) in [6.07, 6.45) is 0.251. The van der Waals surface area contributed by atoms with E-state index in [9.17, 15) is 9.59 Å². The number of carbonyl (C=O) groups is 2. The number of aryl methyl sites for hydroxylation is 1. The fourth-order valence-electron chi connectivity index (χ4n) is 1.54. The maximum atomic E-state index is 11.7. The van der Waals surface area contributed by atoms with E-state index in [0.717, 1.165) is 11.1 Å². The number of benzene rings is 1. The number of rotatable bonds is 5. The van der Waals surface area contributed by atoms with E-state index in [1.54, 1.807) is 13.0 Å². The topological polar surface area (TPSA) is 43.4 Å². The van der Waals surface area contributed by atoms with Gasteiger partial charge in [-0.1, -0.05) is 33.6 Å². The zero-order valence-electron chi connectivity index (χ0n) is 9.96. The Bertz CT molecular complexity index is 427. The molecule has 0 saturated heterocycles. The van der Waals surface area contributed by atoms with Crippen LogP contribution in [0, 0.1) is 6.92 Å². The van der Waals surface area contributed by atoms with E-state index in [0.29, 0.717) is 17.5 Å². The van der Waals surface area contributed by atoms with Crippen LogP contribution in [0.2, 0.25) is 0 Å². The van der Waals surface area contributed by atoms with Gasteiger partial charge in [0.1, 0.15) is 5.78 Å². The predicted octanol–water partition coefficient (Wildman–Crippen LogP) is 2.68. The van der Waals surface area contributed by atoms with Gasteiger partial charge in [0.05, 0.1) is 17.5 Å².